The second kappa shape index (κ2) is 8.61. The Morgan fingerprint density at radius 1 is 1.24 bits per heavy atom. The van der Waals surface area contributed by atoms with E-state index in [0.717, 1.165) is 36.1 Å². The predicted octanol–water partition coefficient (Wildman–Crippen LogP) is 4.30. The van der Waals surface area contributed by atoms with E-state index in [1.165, 1.54) is 0 Å². The number of rotatable bonds is 7. The van der Waals surface area contributed by atoms with Gasteiger partial charge < -0.3 is 5.32 Å². The second-order valence-electron chi connectivity index (χ2n) is 10.3. The third-order valence-corrected chi connectivity index (χ3v) is 6.87. The molecule has 0 spiro atoms. The summed E-state index contributed by atoms with van der Waals surface area (Å²) >= 11 is 0. The van der Waals surface area contributed by atoms with Crippen LogP contribution in [-0.4, -0.2) is 56.3 Å². The molecule has 7 nitrogen and oxygen atoms in total. The van der Waals surface area contributed by atoms with Crippen LogP contribution in [0.25, 0.3) is 0 Å². The lowest BCUT2D eigenvalue weighted by Crippen LogP contribution is -2.56. The van der Waals surface area contributed by atoms with Crippen LogP contribution in [0.5, 0.6) is 0 Å². The number of halogens is 2. The van der Waals surface area contributed by atoms with Gasteiger partial charge in [-0.25, -0.2) is 8.78 Å². The van der Waals surface area contributed by atoms with E-state index in [0.29, 0.717) is 24.3 Å². The third kappa shape index (κ3) is 4.75. The first-order valence-corrected chi connectivity index (χ1v) is 11.8. The molecule has 0 saturated carbocycles. The summed E-state index contributed by atoms with van der Waals surface area (Å²) < 4.78 is 28.3. The molecule has 180 valence electrons. The quantitative estimate of drug-likeness (QED) is 0.542. The Morgan fingerprint density at radius 3 is 2.74 bits per heavy atom. The van der Waals surface area contributed by atoms with Crippen molar-refractivity contribution in [2.45, 2.75) is 51.5 Å². The maximum atomic E-state index is 13.2. The number of hydrogen-bond acceptors (Lipinski definition) is 4. The number of benzene rings is 1. The van der Waals surface area contributed by atoms with Gasteiger partial charge in [0.05, 0.1) is 31.0 Å². The Morgan fingerprint density at radius 2 is 2.00 bits per heavy atom. The number of nitrogens with zero attached hydrogens (tertiary/aromatic N) is 4. The summed E-state index contributed by atoms with van der Waals surface area (Å²) in [7, 11) is 0. The molecule has 0 bridgehead atoms. The minimum Gasteiger partial charge on any atom is -0.318 e. The van der Waals surface area contributed by atoms with Crippen LogP contribution in [-0.2, 0) is 12.8 Å². The number of aromatic nitrogens is 4. The Labute approximate surface area is 197 Å². The van der Waals surface area contributed by atoms with Crippen LogP contribution >= 0.6 is 0 Å². The number of anilines is 1. The molecule has 3 heterocycles. The molecular formula is C25H30F2N6O. The molecule has 2 aliphatic rings. The minimum atomic E-state index is -2.58. The molecule has 1 amide bonds. The van der Waals surface area contributed by atoms with Gasteiger partial charge in [-0.3, -0.25) is 19.5 Å². The molecule has 0 radical (unpaired) electrons. The Kier molecular flexibility index (Phi) is 5.75. The molecule has 3 aromatic rings. The van der Waals surface area contributed by atoms with Crippen LogP contribution in [0.4, 0.5) is 14.5 Å². The fourth-order valence-corrected chi connectivity index (χ4v) is 5.00. The van der Waals surface area contributed by atoms with Crippen molar-refractivity contribution >= 4 is 11.6 Å². The lowest BCUT2D eigenvalue weighted by atomic mass is 9.76. The molecular weight excluding hydrogens is 438 g/mol. The van der Waals surface area contributed by atoms with Gasteiger partial charge in [0.2, 0.25) is 0 Å². The van der Waals surface area contributed by atoms with Crippen LogP contribution in [0.3, 0.4) is 0 Å². The zero-order valence-electron chi connectivity index (χ0n) is 19.5. The van der Waals surface area contributed by atoms with Crippen molar-refractivity contribution < 1.29 is 13.6 Å². The number of hydrogen-bond donors (Lipinski definition) is 2. The summed E-state index contributed by atoms with van der Waals surface area (Å²) in [5.41, 5.74) is 4.30. The van der Waals surface area contributed by atoms with Gasteiger partial charge >= 0.3 is 0 Å². The number of amides is 1. The van der Waals surface area contributed by atoms with Crippen molar-refractivity contribution in [1.29, 1.82) is 0 Å². The van der Waals surface area contributed by atoms with Crippen molar-refractivity contribution in [3.63, 3.8) is 0 Å². The molecule has 1 aliphatic carbocycles. The highest BCUT2D eigenvalue weighted by Gasteiger charge is 2.43. The summed E-state index contributed by atoms with van der Waals surface area (Å²) in [6, 6.07) is 9.74. The van der Waals surface area contributed by atoms with E-state index >= 15 is 0 Å². The highest BCUT2D eigenvalue weighted by molar-refractivity contribution is 6.03. The van der Waals surface area contributed by atoms with Crippen LogP contribution in [0.1, 0.15) is 60.0 Å². The zero-order valence-corrected chi connectivity index (χ0v) is 19.5. The molecule has 5 rings (SSSR count). The average molecular weight is 469 g/mol. The Bertz CT molecular complexity index is 1160. The molecule has 2 aromatic heterocycles. The van der Waals surface area contributed by atoms with Crippen LogP contribution in [0.15, 0.2) is 42.7 Å². The Hall–Kier alpha value is -3.07. The number of H-pyrrole nitrogens is 1. The topological polar surface area (TPSA) is 78.8 Å². The lowest BCUT2D eigenvalue weighted by Gasteiger charge is -2.39. The molecule has 1 aromatic carbocycles. The molecule has 1 fully saturated rings. The van der Waals surface area contributed by atoms with E-state index in [2.05, 4.69) is 34.5 Å². The minimum absolute atomic E-state index is 0.124. The fourth-order valence-electron chi connectivity index (χ4n) is 5.00. The normalized spacial score (nSPS) is 19.8. The first-order valence-electron chi connectivity index (χ1n) is 11.8. The van der Waals surface area contributed by atoms with Crippen LogP contribution in [0.2, 0.25) is 0 Å². The number of carbonyl (C=O) groups is 1. The zero-order chi connectivity index (χ0) is 23.9. The van der Waals surface area contributed by atoms with Crippen molar-refractivity contribution in [2.24, 2.45) is 5.41 Å². The second-order valence-corrected chi connectivity index (χ2v) is 10.3. The van der Waals surface area contributed by atoms with E-state index in [1.54, 1.807) is 22.0 Å². The number of carbonyl (C=O) groups excluding carboxylic acids is 1. The van der Waals surface area contributed by atoms with Crippen molar-refractivity contribution in [3.05, 3.63) is 65.2 Å². The van der Waals surface area contributed by atoms with Gasteiger partial charge in [0.15, 0.2) is 5.69 Å². The molecule has 1 saturated heterocycles. The number of likely N-dealkylation sites (tertiary alicyclic amines) is 1. The smallest absolute Gasteiger partial charge is 0.276 e. The predicted molar refractivity (Wildman–Crippen MR) is 125 cm³/mol. The highest BCUT2D eigenvalue weighted by Crippen LogP contribution is 2.35. The summed E-state index contributed by atoms with van der Waals surface area (Å²) in [5.74, 6) is -2.83. The Balaban J connectivity index is 1.29. The molecule has 9 heteroatoms. The first-order chi connectivity index (χ1) is 16.2. The largest absolute Gasteiger partial charge is 0.318 e. The number of fused-ring (bicyclic) bond motifs is 1. The molecule has 2 N–H and O–H groups in total. The van der Waals surface area contributed by atoms with E-state index in [9.17, 15) is 13.6 Å². The van der Waals surface area contributed by atoms with Gasteiger partial charge in [-0.15, -0.1) is 0 Å². The van der Waals surface area contributed by atoms with Gasteiger partial charge in [-0.2, -0.15) is 10.2 Å². The van der Waals surface area contributed by atoms with E-state index in [1.807, 2.05) is 30.3 Å². The lowest BCUT2D eigenvalue weighted by molar-refractivity contribution is -0.130. The number of nitrogens with one attached hydrogen (secondary N) is 2. The monoisotopic (exact) mass is 468 g/mol. The van der Waals surface area contributed by atoms with E-state index in [4.69, 9.17) is 0 Å². The first kappa shape index (κ1) is 22.7. The third-order valence-electron chi connectivity index (χ3n) is 6.87. The standard InChI is InChI=1S/C25H30F2N6O/c1-24(2)10-8-19-20(12-24)30-31-22(19)23(34)29-18-13-28-33(14-18)21(17-6-4-3-5-7-17)9-11-32-15-25(26,27)16-32/h3-7,13-14,21H,8-12,15-16H2,1-2H3,(H,29,34)(H,30,31). The molecule has 1 atom stereocenters. The van der Waals surface area contributed by atoms with Gasteiger partial charge in [0.25, 0.3) is 11.8 Å². The molecule has 1 unspecified atom stereocenters. The van der Waals surface area contributed by atoms with Crippen LogP contribution < -0.4 is 5.32 Å². The SMILES string of the molecule is CC1(C)CCc2c(C(=O)Nc3cnn(C(CCN4CC(F)(F)C4)c4ccccc4)c3)n[nH]c2C1. The average Bonchev–Trinajstić information content (AvgIpc) is 3.39. The van der Waals surface area contributed by atoms with Crippen molar-refractivity contribution in [2.75, 3.05) is 25.0 Å². The van der Waals surface area contributed by atoms with Gasteiger partial charge in [0.1, 0.15) is 0 Å². The maximum absolute atomic E-state index is 13.2. The van der Waals surface area contributed by atoms with Crippen molar-refractivity contribution in [1.82, 2.24) is 24.9 Å². The van der Waals surface area contributed by atoms with Crippen molar-refractivity contribution in [3.8, 4) is 0 Å². The number of aromatic amines is 1. The molecule has 1 aliphatic heterocycles. The van der Waals surface area contributed by atoms with Crippen LogP contribution in [0, 0.1) is 5.41 Å². The summed E-state index contributed by atoms with van der Waals surface area (Å²) in [6.07, 6.45) is 6.77. The van der Waals surface area contributed by atoms with E-state index in [-0.39, 0.29) is 30.5 Å². The summed E-state index contributed by atoms with van der Waals surface area (Å²) in [6.45, 7) is 4.61. The maximum Gasteiger partial charge on any atom is 0.276 e. The highest BCUT2D eigenvalue weighted by atomic mass is 19.3. The van der Waals surface area contributed by atoms with Gasteiger partial charge in [-0.1, -0.05) is 44.2 Å². The van der Waals surface area contributed by atoms with E-state index < -0.39 is 5.92 Å². The van der Waals surface area contributed by atoms with Gasteiger partial charge in [0, 0.05) is 24.0 Å². The summed E-state index contributed by atoms with van der Waals surface area (Å²) in [5, 5.41) is 14.8. The summed E-state index contributed by atoms with van der Waals surface area (Å²) in [4.78, 5) is 14.7. The number of alkyl halides is 2. The van der Waals surface area contributed by atoms with Gasteiger partial charge in [-0.05, 0) is 36.7 Å². The fraction of sp³-hybridized carbons (Fsp3) is 0.480. The molecule has 34 heavy (non-hydrogen) atoms.